The standard InChI is InChI=1S/C22H27N3O10/c1-5-31-20-17(25-22(30)24(21(29)23-25)15-9-7-6-8-10-15)19(34-14(4)28)18(33-13(3)27)16(35-20)11-32-12(2)26/h6-10,16-20H,5,11H2,1-4H3,(H,23,29)/t16-,17+,18-,19-,20+/m1/s1. The second kappa shape index (κ2) is 11.1. The number of hydrogen-bond acceptors (Lipinski definition) is 10. The lowest BCUT2D eigenvalue weighted by atomic mass is 9.96. The molecule has 0 saturated carbocycles. The molecule has 13 nitrogen and oxygen atoms in total. The van der Waals surface area contributed by atoms with Gasteiger partial charge < -0.3 is 23.7 Å². The number of carbonyl (C=O) groups excluding carboxylic acids is 3. The zero-order valence-electron chi connectivity index (χ0n) is 19.7. The minimum atomic E-state index is -1.35. The van der Waals surface area contributed by atoms with Gasteiger partial charge in [0.2, 0.25) is 0 Å². The first kappa shape index (κ1) is 25.9. The second-order valence-corrected chi connectivity index (χ2v) is 7.68. The van der Waals surface area contributed by atoms with E-state index in [-0.39, 0.29) is 13.2 Å². The van der Waals surface area contributed by atoms with E-state index in [0.717, 1.165) is 23.1 Å². The molecule has 1 aliphatic heterocycles. The monoisotopic (exact) mass is 493 g/mol. The fourth-order valence-electron chi connectivity index (χ4n) is 3.86. The van der Waals surface area contributed by atoms with Crippen LogP contribution in [0.5, 0.6) is 0 Å². The van der Waals surface area contributed by atoms with Gasteiger partial charge in [0.1, 0.15) is 18.8 Å². The van der Waals surface area contributed by atoms with Crippen molar-refractivity contribution in [2.75, 3.05) is 13.2 Å². The number of aromatic amines is 1. The zero-order chi connectivity index (χ0) is 25.7. The SMILES string of the molecule is CCO[C@H]1O[C@H](COC(C)=O)[C@@H](OC(C)=O)[C@H](OC(C)=O)[C@@H]1n1[nH]c(=O)n(-c2ccccc2)c1=O. The van der Waals surface area contributed by atoms with E-state index >= 15 is 0 Å². The predicted molar refractivity (Wildman–Crippen MR) is 118 cm³/mol. The van der Waals surface area contributed by atoms with Gasteiger partial charge in [-0.2, -0.15) is 0 Å². The van der Waals surface area contributed by atoms with Crippen LogP contribution in [0.15, 0.2) is 39.9 Å². The smallest absolute Gasteiger partial charge is 0.352 e. The summed E-state index contributed by atoms with van der Waals surface area (Å²) in [5.74, 6) is -2.10. The molecule has 0 amide bonds. The molecule has 1 aromatic heterocycles. The van der Waals surface area contributed by atoms with E-state index in [2.05, 4.69) is 5.10 Å². The molecular weight excluding hydrogens is 466 g/mol. The Kier molecular flexibility index (Phi) is 8.25. The fourth-order valence-corrected chi connectivity index (χ4v) is 3.86. The van der Waals surface area contributed by atoms with Gasteiger partial charge in [0.25, 0.3) is 0 Å². The largest absolute Gasteiger partial charge is 0.463 e. The molecule has 5 atom stereocenters. The number of carbonyl (C=O) groups is 3. The number of esters is 3. The van der Waals surface area contributed by atoms with Crippen LogP contribution in [0.4, 0.5) is 0 Å². The van der Waals surface area contributed by atoms with Gasteiger partial charge in [-0.15, -0.1) is 0 Å². The molecule has 1 aliphatic rings. The normalized spacial score (nSPS) is 23.9. The number of ether oxygens (including phenoxy) is 5. The molecule has 35 heavy (non-hydrogen) atoms. The van der Waals surface area contributed by atoms with Gasteiger partial charge in [0, 0.05) is 27.4 Å². The lowest BCUT2D eigenvalue weighted by molar-refractivity contribution is -0.287. The molecule has 1 aromatic carbocycles. The molecule has 2 heterocycles. The second-order valence-electron chi connectivity index (χ2n) is 7.68. The maximum absolute atomic E-state index is 13.4. The van der Waals surface area contributed by atoms with E-state index in [9.17, 15) is 24.0 Å². The summed E-state index contributed by atoms with van der Waals surface area (Å²) >= 11 is 0. The molecule has 0 bridgehead atoms. The third kappa shape index (κ3) is 5.87. The topological polar surface area (TPSA) is 157 Å². The van der Waals surface area contributed by atoms with Crippen LogP contribution in [0.2, 0.25) is 0 Å². The number of aromatic nitrogens is 3. The van der Waals surface area contributed by atoms with Gasteiger partial charge in [-0.05, 0) is 19.1 Å². The molecule has 1 N–H and O–H groups in total. The van der Waals surface area contributed by atoms with Crippen LogP contribution in [-0.4, -0.2) is 70.1 Å². The third-order valence-corrected chi connectivity index (χ3v) is 5.13. The maximum atomic E-state index is 13.4. The van der Waals surface area contributed by atoms with E-state index in [1.807, 2.05) is 0 Å². The summed E-state index contributed by atoms with van der Waals surface area (Å²) in [6, 6.07) is 6.91. The number of H-pyrrole nitrogens is 1. The van der Waals surface area contributed by atoms with E-state index in [1.165, 1.54) is 6.92 Å². The molecule has 2 aromatic rings. The Morgan fingerprint density at radius 1 is 0.971 bits per heavy atom. The van der Waals surface area contributed by atoms with E-state index in [0.29, 0.717) is 5.69 Å². The zero-order valence-corrected chi connectivity index (χ0v) is 19.7. The summed E-state index contributed by atoms with van der Waals surface area (Å²) in [5, 5.41) is 2.45. The summed E-state index contributed by atoms with van der Waals surface area (Å²) in [5.41, 5.74) is -1.25. The minimum absolute atomic E-state index is 0.116. The summed E-state index contributed by atoms with van der Waals surface area (Å²) in [6.07, 6.45) is -4.99. The number of nitrogens with zero attached hydrogens (tertiary/aromatic N) is 2. The maximum Gasteiger partial charge on any atom is 0.352 e. The first-order chi connectivity index (χ1) is 16.6. The summed E-state index contributed by atoms with van der Waals surface area (Å²) in [4.78, 5) is 61.5. The van der Waals surface area contributed by atoms with Gasteiger partial charge in [-0.25, -0.2) is 23.9 Å². The van der Waals surface area contributed by atoms with Crippen molar-refractivity contribution in [2.24, 2.45) is 0 Å². The van der Waals surface area contributed by atoms with Crippen molar-refractivity contribution in [3.63, 3.8) is 0 Å². The molecule has 0 radical (unpaired) electrons. The van der Waals surface area contributed by atoms with Gasteiger partial charge in [0.05, 0.1) is 5.69 Å². The molecule has 1 saturated heterocycles. The van der Waals surface area contributed by atoms with Gasteiger partial charge in [-0.1, -0.05) is 18.2 Å². The highest BCUT2D eigenvalue weighted by atomic mass is 16.7. The van der Waals surface area contributed by atoms with Crippen LogP contribution in [0.1, 0.15) is 33.7 Å². The number of nitrogens with one attached hydrogen (secondary N) is 1. The Morgan fingerprint density at radius 2 is 1.60 bits per heavy atom. The summed E-state index contributed by atoms with van der Waals surface area (Å²) in [7, 11) is 0. The molecule has 13 heteroatoms. The van der Waals surface area contributed by atoms with Crippen molar-refractivity contribution in [1.29, 1.82) is 0 Å². The van der Waals surface area contributed by atoms with Gasteiger partial charge in [-0.3, -0.25) is 14.4 Å². The number of hydrogen-bond donors (Lipinski definition) is 1. The minimum Gasteiger partial charge on any atom is -0.463 e. The van der Waals surface area contributed by atoms with Crippen molar-refractivity contribution in [3.05, 3.63) is 51.3 Å². The Balaban J connectivity index is 2.15. The Hall–Kier alpha value is -3.71. The van der Waals surface area contributed by atoms with Crippen LogP contribution in [-0.2, 0) is 38.1 Å². The Bertz CT molecular complexity index is 1170. The number of rotatable bonds is 8. The number of benzene rings is 1. The highest BCUT2D eigenvalue weighted by Crippen LogP contribution is 2.34. The van der Waals surface area contributed by atoms with E-state index in [4.69, 9.17) is 23.7 Å². The molecule has 190 valence electrons. The van der Waals surface area contributed by atoms with Crippen molar-refractivity contribution in [1.82, 2.24) is 14.3 Å². The van der Waals surface area contributed by atoms with Crippen LogP contribution >= 0.6 is 0 Å². The molecule has 0 unspecified atom stereocenters. The number of para-hydroxylation sites is 1. The van der Waals surface area contributed by atoms with Crippen molar-refractivity contribution in [2.45, 2.75) is 58.3 Å². The first-order valence-electron chi connectivity index (χ1n) is 10.9. The molecule has 3 rings (SSSR count). The quantitative estimate of drug-likeness (QED) is 0.394. The van der Waals surface area contributed by atoms with E-state index < -0.39 is 59.9 Å². The van der Waals surface area contributed by atoms with Crippen LogP contribution < -0.4 is 11.4 Å². The average molecular weight is 493 g/mol. The predicted octanol–water partition coefficient (Wildman–Crippen LogP) is 0.0563. The molecule has 1 fully saturated rings. The first-order valence-corrected chi connectivity index (χ1v) is 10.9. The highest BCUT2D eigenvalue weighted by Gasteiger charge is 2.52. The highest BCUT2D eigenvalue weighted by molar-refractivity contribution is 5.67. The summed E-state index contributed by atoms with van der Waals surface area (Å²) in [6.45, 7) is 4.89. The van der Waals surface area contributed by atoms with Crippen LogP contribution in [0, 0.1) is 0 Å². The molecule has 0 aliphatic carbocycles. The average Bonchev–Trinajstić information content (AvgIpc) is 3.07. The Morgan fingerprint density at radius 3 is 2.17 bits per heavy atom. The lowest BCUT2D eigenvalue weighted by Crippen LogP contribution is -2.60. The van der Waals surface area contributed by atoms with Crippen molar-refractivity contribution < 1.29 is 38.1 Å². The van der Waals surface area contributed by atoms with Gasteiger partial charge >= 0.3 is 29.3 Å². The molecular formula is C22H27N3O10. The lowest BCUT2D eigenvalue weighted by Gasteiger charge is -2.44. The molecule has 0 spiro atoms. The fraction of sp³-hybridized carbons (Fsp3) is 0.500. The van der Waals surface area contributed by atoms with Crippen molar-refractivity contribution in [3.8, 4) is 5.69 Å². The summed E-state index contributed by atoms with van der Waals surface area (Å²) < 4.78 is 29.3. The van der Waals surface area contributed by atoms with Crippen molar-refractivity contribution >= 4 is 17.9 Å². The van der Waals surface area contributed by atoms with Gasteiger partial charge in [0.15, 0.2) is 18.5 Å². The van der Waals surface area contributed by atoms with Crippen LogP contribution in [0.3, 0.4) is 0 Å². The van der Waals surface area contributed by atoms with E-state index in [1.54, 1.807) is 37.3 Å². The van der Waals surface area contributed by atoms with Crippen LogP contribution in [0.25, 0.3) is 5.69 Å². The Labute approximate surface area is 199 Å². The third-order valence-electron chi connectivity index (χ3n) is 5.13.